The van der Waals surface area contributed by atoms with Crippen LogP contribution in [0.5, 0.6) is 0 Å². The predicted octanol–water partition coefficient (Wildman–Crippen LogP) is 0.919. The number of methoxy groups -OCH3 is 2. The maximum atomic E-state index is 12.1. The first-order valence-corrected chi connectivity index (χ1v) is 6.99. The minimum atomic E-state index is -1.27. The average Bonchev–Trinajstić information content (AvgIpc) is 2.99. The first-order chi connectivity index (χ1) is 11.0. The number of carbonyl (C=O) groups excluding carboxylic acids is 3. The number of ether oxygens (including phenoxy) is 2. The number of benzene rings is 1. The molecule has 0 aromatic heterocycles. The molecule has 0 spiro atoms. The summed E-state index contributed by atoms with van der Waals surface area (Å²) < 4.78 is 9.39. The lowest BCUT2D eigenvalue weighted by Crippen LogP contribution is -2.31. The summed E-state index contributed by atoms with van der Waals surface area (Å²) in [5.74, 6) is -3.16. The zero-order chi connectivity index (χ0) is 17.0. The number of hydrogen-bond donors (Lipinski definition) is 0. The van der Waals surface area contributed by atoms with Gasteiger partial charge in [-0.25, -0.2) is 0 Å². The number of carbonyl (C=O) groups is 3. The summed E-state index contributed by atoms with van der Waals surface area (Å²) in [5.41, 5.74) is 1.69. The Morgan fingerprint density at radius 2 is 1.91 bits per heavy atom. The fourth-order valence-electron chi connectivity index (χ4n) is 2.72. The van der Waals surface area contributed by atoms with Gasteiger partial charge in [0.25, 0.3) is 0 Å². The second-order valence-electron chi connectivity index (χ2n) is 4.96. The largest absolute Gasteiger partial charge is 0.468 e. The van der Waals surface area contributed by atoms with Crippen LogP contribution in [0.3, 0.4) is 0 Å². The van der Waals surface area contributed by atoms with E-state index in [0.717, 1.165) is 5.56 Å². The highest BCUT2D eigenvalue weighted by Gasteiger charge is 2.37. The van der Waals surface area contributed by atoms with Crippen LogP contribution < -0.4 is 4.90 Å². The molecule has 23 heavy (non-hydrogen) atoms. The van der Waals surface area contributed by atoms with Crippen LogP contribution in [-0.2, 0) is 30.3 Å². The third-order valence-electron chi connectivity index (χ3n) is 3.74. The van der Waals surface area contributed by atoms with E-state index in [0.29, 0.717) is 24.2 Å². The van der Waals surface area contributed by atoms with Gasteiger partial charge in [-0.05, 0) is 12.0 Å². The Morgan fingerprint density at radius 1 is 1.26 bits per heavy atom. The number of nitriles is 1. The molecule has 2 rings (SSSR count). The van der Waals surface area contributed by atoms with Crippen molar-refractivity contribution in [1.82, 2.24) is 0 Å². The second kappa shape index (κ2) is 6.92. The van der Waals surface area contributed by atoms with E-state index in [1.807, 2.05) is 12.1 Å². The first kappa shape index (κ1) is 16.5. The highest BCUT2D eigenvalue weighted by Crippen LogP contribution is 2.37. The maximum Gasteiger partial charge on any atom is 0.324 e. The van der Waals surface area contributed by atoms with Gasteiger partial charge in [-0.2, -0.15) is 5.26 Å². The van der Waals surface area contributed by atoms with Crippen molar-refractivity contribution in [3.05, 3.63) is 29.3 Å². The standard InChI is InChI=1S/C16H16N2O5/c1-22-15(20)13(16(21)23-2)11-5-3-4-10-7-9-18(14(10)11)12(19)6-8-17/h3-5,13H,6-7,9H2,1-2H3. The van der Waals surface area contributed by atoms with Gasteiger partial charge in [0, 0.05) is 12.1 Å². The SMILES string of the molecule is COC(=O)C(C(=O)OC)c1cccc2c1N(C(=O)CC#N)CC2. The predicted molar refractivity (Wildman–Crippen MR) is 79.5 cm³/mol. The molecule has 7 nitrogen and oxygen atoms in total. The number of fused-ring (bicyclic) bond motifs is 1. The molecule has 0 saturated carbocycles. The molecule has 0 aliphatic carbocycles. The number of anilines is 1. The van der Waals surface area contributed by atoms with E-state index in [2.05, 4.69) is 0 Å². The van der Waals surface area contributed by atoms with E-state index in [1.165, 1.54) is 19.1 Å². The highest BCUT2D eigenvalue weighted by atomic mass is 16.5. The van der Waals surface area contributed by atoms with E-state index in [-0.39, 0.29) is 12.3 Å². The Kier molecular flexibility index (Phi) is 4.96. The Labute approximate surface area is 133 Å². The van der Waals surface area contributed by atoms with Gasteiger partial charge < -0.3 is 14.4 Å². The molecule has 0 atom stereocenters. The Balaban J connectivity index is 2.54. The third-order valence-corrected chi connectivity index (χ3v) is 3.74. The molecule has 1 aliphatic heterocycles. The zero-order valence-corrected chi connectivity index (χ0v) is 12.9. The smallest absolute Gasteiger partial charge is 0.324 e. The molecule has 0 radical (unpaired) electrons. The molecule has 1 aromatic rings. The minimum Gasteiger partial charge on any atom is -0.468 e. The molecule has 0 unspecified atom stereocenters. The summed E-state index contributed by atoms with van der Waals surface area (Å²) in [6.07, 6.45) is 0.324. The Morgan fingerprint density at radius 3 is 2.48 bits per heavy atom. The van der Waals surface area contributed by atoms with Crippen LogP contribution in [0, 0.1) is 11.3 Å². The quantitative estimate of drug-likeness (QED) is 0.605. The molecule has 120 valence electrons. The molecule has 1 aromatic carbocycles. The molecular weight excluding hydrogens is 300 g/mol. The van der Waals surface area contributed by atoms with Gasteiger partial charge in [-0.15, -0.1) is 0 Å². The van der Waals surface area contributed by atoms with Crippen molar-refractivity contribution in [2.75, 3.05) is 25.7 Å². The molecular formula is C16H16N2O5. The Hall–Kier alpha value is -2.88. The first-order valence-electron chi connectivity index (χ1n) is 6.99. The number of esters is 2. The molecule has 0 bridgehead atoms. The van der Waals surface area contributed by atoms with Crippen molar-refractivity contribution in [3.8, 4) is 6.07 Å². The van der Waals surface area contributed by atoms with Crippen LogP contribution in [0.1, 0.15) is 23.5 Å². The molecule has 1 aliphatic rings. The minimum absolute atomic E-state index is 0.269. The number of rotatable bonds is 4. The van der Waals surface area contributed by atoms with Crippen molar-refractivity contribution in [2.24, 2.45) is 0 Å². The molecule has 0 saturated heterocycles. The lowest BCUT2D eigenvalue weighted by atomic mass is 9.94. The number of para-hydroxylation sites is 1. The van der Waals surface area contributed by atoms with E-state index < -0.39 is 17.9 Å². The van der Waals surface area contributed by atoms with Gasteiger partial charge in [0.15, 0.2) is 5.92 Å². The van der Waals surface area contributed by atoms with Crippen LogP contribution >= 0.6 is 0 Å². The van der Waals surface area contributed by atoms with Crippen molar-refractivity contribution in [1.29, 1.82) is 5.26 Å². The summed E-state index contributed by atoms with van der Waals surface area (Å²) in [4.78, 5) is 37.6. The summed E-state index contributed by atoms with van der Waals surface area (Å²) in [5, 5.41) is 8.73. The molecule has 7 heteroatoms. The third kappa shape index (κ3) is 3.01. The topological polar surface area (TPSA) is 96.7 Å². The highest BCUT2D eigenvalue weighted by molar-refractivity contribution is 6.05. The van der Waals surface area contributed by atoms with Crippen LogP contribution in [0.15, 0.2) is 18.2 Å². The molecule has 1 heterocycles. The number of nitrogens with zero attached hydrogens (tertiary/aromatic N) is 2. The van der Waals surface area contributed by atoms with Crippen molar-refractivity contribution >= 4 is 23.5 Å². The van der Waals surface area contributed by atoms with Crippen LogP contribution in [0.2, 0.25) is 0 Å². The van der Waals surface area contributed by atoms with Crippen LogP contribution in [0.4, 0.5) is 5.69 Å². The van der Waals surface area contributed by atoms with Gasteiger partial charge in [0.1, 0.15) is 6.42 Å². The normalized spacial score (nSPS) is 12.5. The Bertz CT molecular complexity index is 676. The number of hydrogen-bond acceptors (Lipinski definition) is 6. The number of amides is 1. The van der Waals surface area contributed by atoms with Gasteiger partial charge in [0.05, 0.1) is 26.0 Å². The van der Waals surface area contributed by atoms with Crippen molar-refractivity contribution in [2.45, 2.75) is 18.8 Å². The second-order valence-corrected chi connectivity index (χ2v) is 4.96. The summed E-state index contributed by atoms with van der Waals surface area (Å²) in [6.45, 7) is 0.405. The molecule has 0 fully saturated rings. The van der Waals surface area contributed by atoms with Gasteiger partial charge in [0.2, 0.25) is 5.91 Å². The average molecular weight is 316 g/mol. The fraction of sp³-hybridized carbons (Fsp3) is 0.375. The van der Waals surface area contributed by atoms with E-state index in [9.17, 15) is 14.4 Å². The van der Waals surface area contributed by atoms with E-state index >= 15 is 0 Å². The van der Waals surface area contributed by atoms with Crippen LogP contribution in [-0.4, -0.2) is 38.6 Å². The lowest BCUT2D eigenvalue weighted by Gasteiger charge is -2.22. The maximum absolute atomic E-state index is 12.1. The summed E-state index contributed by atoms with van der Waals surface area (Å²) >= 11 is 0. The van der Waals surface area contributed by atoms with Gasteiger partial charge in [-0.1, -0.05) is 18.2 Å². The lowest BCUT2D eigenvalue weighted by molar-refractivity contribution is -0.154. The molecule has 0 N–H and O–H groups in total. The van der Waals surface area contributed by atoms with Crippen LogP contribution in [0.25, 0.3) is 0 Å². The monoisotopic (exact) mass is 316 g/mol. The van der Waals surface area contributed by atoms with E-state index in [4.69, 9.17) is 14.7 Å². The van der Waals surface area contributed by atoms with Gasteiger partial charge >= 0.3 is 11.9 Å². The van der Waals surface area contributed by atoms with Crippen molar-refractivity contribution in [3.63, 3.8) is 0 Å². The molecule has 1 amide bonds. The van der Waals surface area contributed by atoms with Crippen molar-refractivity contribution < 1.29 is 23.9 Å². The zero-order valence-electron chi connectivity index (χ0n) is 12.9. The van der Waals surface area contributed by atoms with Gasteiger partial charge in [-0.3, -0.25) is 14.4 Å². The van der Waals surface area contributed by atoms with E-state index in [1.54, 1.807) is 12.1 Å². The summed E-state index contributed by atoms with van der Waals surface area (Å²) in [6, 6.07) is 6.95. The summed E-state index contributed by atoms with van der Waals surface area (Å²) in [7, 11) is 2.36. The fourth-order valence-corrected chi connectivity index (χ4v) is 2.72.